The van der Waals surface area contributed by atoms with Crippen LogP contribution >= 0.6 is 0 Å². The SMILES string of the molecule is CC.COc1ccccc1-c1c[nH]c2nc(NC(=O)[C@@H]3C[C@@H]3CN3CCN(C)CC3)ccc12.[HH].[HH]. The molecule has 1 saturated carbocycles. The van der Waals surface area contributed by atoms with Crippen molar-refractivity contribution < 1.29 is 12.4 Å². The predicted molar refractivity (Wildman–Crippen MR) is 138 cm³/mol. The van der Waals surface area contributed by atoms with Crippen LogP contribution in [0.3, 0.4) is 0 Å². The number of likely N-dealkylation sites (N-methyl/N-ethyl adjacent to an activating group) is 1. The number of amides is 1. The normalized spacial score (nSPS) is 20.7. The second-order valence-corrected chi connectivity index (χ2v) is 8.69. The summed E-state index contributed by atoms with van der Waals surface area (Å²) >= 11 is 0. The third kappa shape index (κ3) is 5.20. The van der Waals surface area contributed by atoms with E-state index >= 15 is 0 Å². The Bertz CT molecular complexity index is 1100. The van der Waals surface area contributed by atoms with E-state index in [9.17, 15) is 4.79 Å². The zero-order valence-electron chi connectivity index (χ0n) is 20.1. The van der Waals surface area contributed by atoms with E-state index in [1.807, 2.05) is 56.4 Å². The van der Waals surface area contributed by atoms with Gasteiger partial charge in [0.1, 0.15) is 17.2 Å². The Hall–Kier alpha value is -2.90. The third-order valence-corrected chi connectivity index (χ3v) is 6.54. The molecule has 2 aliphatic rings. The fraction of sp³-hybridized carbons (Fsp3) is 0.462. The highest BCUT2D eigenvalue weighted by Gasteiger charge is 2.43. The molecule has 7 nitrogen and oxygen atoms in total. The molecule has 0 radical (unpaired) electrons. The maximum Gasteiger partial charge on any atom is 0.228 e. The molecule has 0 spiro atoms. The summed E-state index contributed by atoms with van der Waals surface area (Å²) in [6, 6.07) is 11.8. The quantitative estimate of drug-likeness (QED) is 0.572. The lowest BCUT2D eigenvalue weighted by atomic mass is 10.0. The van der Waals surface area contributed by atoms with Gasteiger partial charge in [0, 0.05) is 64.2 Å². The Kier molecular flexibility index (Phi) is 7.30. The summed E-state index contributed by atoms with van der Waals surface area (Å²) < 4.78 is 5.50. The fourth-order valence-corrected chi connectivity index (χ4v) is 4.52. The van der Waals surface area contributed by atoms with Crippen LogP contribution in [0.2, 0.25) is 0 Å². The van der Waals surface area contributed by atoms with E-state index in [0.29, 0.717) is 11.7 Å². The number of piperazine rings is 1. The molecule has 33 heavy (non-hydrogen) atoms. The average Bonchev–Trinajstić information content (AvgIpc) is 3.50. The molecule has 1 saturated heterocycles. The second-order valence-electron chi connectivity index (χ2n) is 8.69. The van der Waals surface area contributed by atoms with E-state index in [-0.39, 0.29) is 14.7 Å². The van der Waals surface area contributed by atoms with Crippen molar-refractivity contribution in [3.8, 4) is 16.9 Å². The minimum atomic E-state index is 0. The Morgan fingerprint density at radius 1 is 1.15 bits per heavy atom. The summed E-state index contributed by atoms with van der Waals surface area (Å²) in [7, 11) is 3.84. The van der Waals surface area contributed by atoms with Crippen LogP contribution in [0.5, 0.6) is 5.75 Å². The number of fused-ring (bicyclic) bond motifs is 1. The fourth-order valence-electron chi connectivity index (χ4n) is 4.52. The summed E-state index contributed by atoms with van der Waals surface area (Å²) in [4.78, 5) is 25.4. The number of hydrogen-bond donors (Lipinski definition) is 2. The number of nitrogens with one attached hydrogen (secondary N) is 2. The van der Waals surface area contributed by atoms with Gasteiger partial charge in [0.15, 0.2) is 0 Å². The second kappa shape index (κ2) is 10.4. The minimum absolute atomic E-state index is 0. The standard InChI is InChI=1S/C24H29N5O2.C2H6.2H2/c1-28-9-11-29(12-10-28)15-16-13-19(16)24(30)27-22-8-7-18-20(14-25-23(18)26-22)17-5-3-4-6-21(17)31-2;1-2;;/h3-8,14,16,19H,9-13,15H2,1-2H3,(H2,25,26,27,30);1-2H3;2*1H/t16-,19-;;;/m1.../s1. The van der Waals surface area contributed by atoms with Gasteiger partial charge in [0.25, 0.3) is 0 Å². The minimum Gasteiger partial charge on any atom is -0.496 e. The Labute approximate surface area is 199 Å². The molecule has 1 aromatic carbocycles. The number of ether oxygens (including phenoxy) is 1. The van der Waals surface area contributed by atoms with Crippen molar-refractivity contribution in [1.29, 1.82) is 0 Å². The highest BCUT2D eigenvalue weighted by molar-refractivity contribution is 5.98. The van der Waals surface area contributed by atoms with Crippen LogP contribution in [0, 0.1) is 11.8 Å². The molecule has 0 unspecified atom stereocenters. The molecule has 2 aromatic heterocycles. The molecule has 2 fully saturated rings. The maximum absolute atomic E-state index is 12.7. The number of hydrogen-bond acceptors (Lipinski definition) is 5. The van der Waals surface area contributed by atoms with Gasteiger partial charge in [0.2, 0.25) is 5.91 Å². The van der Waals surface area contributed by atoms with Gasteiger partial charge in [-0.1, -0.05) is 32.0 Å². The van der Waals surface area contributed by atoms with Gasteiger partial charge in [-0.2, -0.15) is 0 Å². The monoisotopic (exact) mass is 453 g/mol. The van der Waals surface area contributed by atoms with Crippen LogP contribution in [0.1, 0.15) is 23.1 Å². The van der Waals surface area contributed by atoms with E-state index in [2.05, 4.69) is 32.1 Å². The van der Waals surface area contributed by atoms with Gasteiger partial charge >= 0.3 is 0 Å². The first-order valence-electron chi connectivity index (χ1n) is 12.0. The molecule has 0 bridgehead atoms. The zero-order chi connectivity index (χ0) is 23.4. The molecule has 3 aromatic rings. The smallest absolute Gasteiger partial charge is 0.228 e. The number of pyridine rings is 1. The molecule has 1 amide bonds. The number of rotatable bonds is 6. The summed E-state index contributed by atoms with van der Waals surface area (Å²) in [6.07, 6.45) is 2.91. The molecule has 180 valence electrons. The van der Waals surface area contributed by atoms with Crippen molar-refractivity contribution in [2.45, 2.75) is 20.3 Å². The van der Waals surface area contributed by atoms with Crippen molar-refractivity contribution in [1.82, 2.24) is 19.8 Å². The highest BCUT2D eigenvalue weighted by Crippen LogP contribution is 2.40. The molecule has 1 aliphatic carbocycles. The first-order chi connectivity index (χ1) is 16.1. The molecule has 1 aliphatic heterocycles. The Morgan fingerprint density at radius 2 is 1.91 bits per heavy atom. The van der Waals surface area contributed by atoms with Crippen molar-refractivity contribution in [2.24, 2.45) is 11.8 Å². The van der Waals surface area contributed by atoms with Crippen molar-refractivity contribution >= 4 is 22.8 Å². The van der Waals surface area contributed by atoms with Gasteiger partial charge in [0.05, 0.1) is 7.11 Å². The largest absolute Gasteiger partial charge is 0.496 e. The number of carbonyl (C=O) groups excluding carboxylic acids is 1. The van der Waals surface area contributed by atoms with E-state index in [0.717, 1.165) is 67.1 Å². The van der Waals surface area contributed by atoms with Crippen molar-refractivity contribution in [3.63, 3.8) is 0 Å². The van der Waals surface area contributed by atoms with Gasteiger partial charge in [-0.25, -0.2) is 4.98 Å². The molecule has 7 heteroatoms. The molecule has 5 rings (SSSR count). The van der Waals surface area contributed by atoms with Gasteiger partial charge in [-0.3, -0.25) is 4.79 Å². The summed E-state index contributed by atoms with van der Waals surface area (Å²) in [5.41, 5.74) is 2.80. The van der Waals surface area contributed by atoms with Crippen LogP contribution in [-0.2, 0) is 4.79 Å². The number of aromatic amines is 1. The van der Waals surface area contributed by atoms with Crippen LogP contribution < -0.4 is 10.1 Å². The van der Waals surface area contributed by atoms with Gasteiger partial charge in [-0.15, -0.1) is 0 Å². The first kappa shape index (κ1) is 23.3. The van der Waals surface area contributed by atoms with Crippen LogP contribution in [-0.4, -0.2) is 72.6 Å². The number of anilines is 1. The number of para-hydroxylation sites is 1. The van der Waals surface area contributed by atoms with Crippen LogP contribution in [0.4, 0.5) is 5.82 Å². The van der Waals surface area contributed by atoms with Crippen LogP contribution in [0.25, 0.3) is 22.2 Å². The van der Waals surface area contributed by atoms with E-state index in [4.69, 9.17) is 4.74 Å². The lowest BCUT2D eigenvalue weighted by Gasteiger charge is -2.32. The zero-order valence-corrected chi connectivity index (χ0v) is 20.1. The Morgan fingerprint density at radius 3 is 2.67 bits per heavy atom. The molecular formula is C26H39N5O2. The third-order valence-electron chi connectivity index (χ3n) is 6.54. The first-order valence-corrected chi connectivity index (χ1v) is 12.0. The molecule has 2 atom stereocenters. The highest BCUT2D eigenvalue weighted by atomic mass is 16.5. The van der Waals surface area contributed by atoms with E-state index in [1.54, 1.807) is 7.11 Å². The number of nitrogens with zero attached hydrogens (tertiary/aromatic N) is 3. The summed E-state index contributed by atoms with van der Waals surface area (Å²) in [5.74, 6) is 2.07. The number of aromatic nitrogens is 2. The average molecular weight is 454 g/mol. The predicted octanol–water partition coefficient (Wildman–Crippen LogP) is 4.58. The lowest BCUT2D eigenvalue weighted by molar-refractivity contribution is -0.117. The van der Waals surface area contributed by atoms with Crippen molar-refractivity contribution in [2.75, 3.05) is 52.2 Å². The Balaban J connectivity index is 0.00000105. The topological polar surface area (TPSA) is 73.5 Å². The van der Waals surface area contributed by atoms with Crippen molar-refractivity contribution in [3.05, 3.63) is 42.6 Å². The summed E-state index contributed by atoms with van der Waals surface area (Å²) in [6.45, 7) is 9.44. The number of methoxy groups -OCH3 is 1. The maximum atomic E-state index is 12.7. The lowest BCUT2D eigenvalue weighted by Crippen LogP contribution is -2.45. The number of H-pyrrole nitrogens is 1. The number of carbonyl (C=O) groups is 1. The molecule has 3 heterocycles. The molecular weight excluding hydrogens is 414 g/mol. The number of benzene rings is 1. The van der Waals surface area contributed by atoms with E-state index < -0.39 is 0 Å². The summed E-state index contributed by atoms with van der Waals surface area (Å²) in [5, 5.41) is 4.02. The van der Waals surface area contributed by atoms with Gasteiger partial charge < -0.3 is 24.8 Å². The van der Waals surface area contributed by atoms with E-state index in [1.165, 1.54) is 0 Å². The molecule has 2 N–H and O–H groups in total. The van der Waals surface area contributed by atoms with Crippen LogP contribution in [0.15, 0.2) is 42.6 Å². The van der Waals surface area contributed by atoms with Gasteiger partial charge in [-0.05, 0) is 37.6 Å².